The number of anilines is 1. The van der Waals surface area contributed by atoms with Crippen LogP contribution in [-0.2, 0) is 17.9 Å². The average molecular weight is 654 g/mol. The lowest BCUT2D eigenvalue weighted by molar-refractivity contribution is 0.0122. The molecule has 0 unspecified atom stereocenters. The first-order valence-electron chi connectivity index (χ1n) is 16.8. The van der Waals surface area contributed by atoms with Gasteiger partial charge in [-0.3, -0.25) is 4.90 Å². The van der Waals surface area contributed by atoms with Gasteiger partial charge in [0.1, 0.15) is 23.5 Å². The lowest BCUT2D eigenvalue weighted by Crippen LogP contribution is -2.57. The predicted octanol–water partition coefficient (Wildman–Crippen LogP) is 6.35. The number of piperazine rings is 1. The number of carbonyl (C=O) groups excluding carboxylic acids is 1. The number of aromatic nitrogens is 4. The fourth-order valence-corrected chi connectivity index (χ4v) is 8.24. The lowest BCUT2D eigenvalue weighted by Gasteiger charge is -2.43. The smallest absolute Gasteiger partial charge is 0.410 e. The summed E-state index contributed by atoms with van der Waals surface area (Å²) in [4.78, 5) is 30.3. The first kappa shape index (κ1) is 31.4. The summed E-state index contributed by atoms with van der Waals surface area (Å²) < 4.78 is 29.5. The minimum absolute atomic E-state index is 0.0409. The number of piperidine rings is 1. The van der Waals surface area contributed by atoms with Gasteiger partial charge in [0.2, 0.25) is 0 Å². The number of hydrogen-bond acceptors (Lipinski definition) is 8. The van der Waals surface area contributed by atoms with Gasteiger partial charge in [-0.05, 0) is 109 Å². The number of amides is 1. The van der Waals surface area contributed by atoms with E-state index < -0.39 is 11.4 Å². The van der Waals surface area contributed by atoms with Gasteiger partial charge in [0.05, 0.1) is 23.2 Å². The number of fused-ring (bicyclic) bond motifs is 3. The minimum Gasteiger partial charge on any atom is -0.457 e. The molecule has 46 heavy (non-hydrogen) atoms. The Balaban J connectivity index is 1.07. The normalized spacial score (nSPS) is 23.3. The Morgan fingerprint density at radius 1 is 1.09 bits per heavy atom. The summed E-state index contributed by atoms with van der Waals surface area (Å²) >= 11 is 6.10. The van der Waals surface area contributed by atoms with E-state index >= 15 is 4.39 Å². The van der Waals surface area contributed by atoms with Gasteiger partial charge in [0.15, 0.2) is 11.0 Å². The molecule has 10 nitrogen and oxygen atoms in total. The molecule has 1 N–H and O–H groups in total. The highest BCUT2D eigenvalue weighted by atomic mass is 35.5. The van der Waals surface area contributed by atoms with E-state index in [0.29, 0.717) is 35.6 Å². The van der Waals surface area contributed by atoms with E-state index in [0.717, 1.165) is 38.2 Å². The molecule has 2 bridgehead atoms. The topological polar surface area (TPSA) is 97.6 Å². The Kier molecular flexibility index (Phi) is 8.50. The van der Waals surface area contributed by atoms with Crippen LogP contribution in [0.2, 0.25) is 5.15 Å². The number of ether oxygens (including phenoxy) is 2. The summed E-state index contributed by atoms with van der Waals surface area (Å²) in [7, 11) is 0. The van der Waals surface area contributed by atoms with Crippen LogP contribution in [0.25, 0.3) is 10.9 Å². The molecule has 4 aliphatic rings. The number of rotatable bonds is 6. The van der Waals surface area contributed by atoms with Crippen molar-refractivity contribution in [3.05, 3.63) is 41.2 Å². The second-order valence-electron chi connectivity index (χ2n) is 14.8. The van der Waals surface area contributed by atoms with Crippen LogP contribution in [-0.4, -0.2) is 74.4 Å². The van der Waals surface area contributed by atoms with Crippen LogP contribution >= 0.6 is 11.6 Å². The number of pyridine rings is 1. The van der Waals surface area contributed by atoms with Crippen molar-refractivity contribution < 1.29 is 18.7 Å². The van der Waals surface area contributed by atoms with E-state index in [1.54, 1.807) is 0 Å². The first-order valence-corrected chi connectivity index (χ1v) is 17.2. The van der Waals surface area contributed by atoms with Gasteiger partial charge in [-0.25, -0.2) is 14.2 Å². The molecular weight excluding hydrogens is 609 g/mol. The molecule has 3 saturated heterocycles. The molecule has 248 valence electrons. The van der Waals surface area contributed by atoms with Crippen LogP contribution in [0.3, 0.4) is 0 Å². The van der Waals surface area contributed by atoms with Gasteiger partial charge >= 0.3 is 12.1 Å². The zero-order valence-electron chi connectivity index (χ0n) is 27.1. The molecule has 1 amide bonds. The highest BCUT2D eigenvalue weighted by Gasteiger charge is 2.45. The van der Waals surface area contributed by atoms with Crippen LogP contribution in [0.15, 0.2) is 24.5 Å². The average Bonchev–Trinajstić information content (AvgIpc) is 3.58. The van der Waals surface area contributed by atoms with E-state index in [2.05, 4.69) is 37.0 Å². The predicted molar refractivity (Wildman–Crippen MR) is 175 cm³/mol. The Hall–Kier alpha value is -3.18. The van der Waals surface area contributed by atoms with Crippen molar-refractivity contribution in [3.63, 3.8) is 0 Å². The Morgan fingerprint density at radius 3 is 2.50 bits per heavy atom. The summed E-state index contributed by atoms with van der Waals surface area (Å²) in [5, 5.41) is 3.73. The second kappa shape index (κ2) is 12.4. The third kappa shape index (κ3) is 6.37. The highest BCUT2D eigenvalue weighted by Crippen LogP contribution is 2.45. The maximum absolute atomic E-state index is 15.4. The van der Waals surface area contributed by atoms with Crippen molar-refractivity contribution in [2.24, 2.45) is 11.3 Å². The van der Waals surface area contributed by atoms with E-state index in [4.69, 9.17) is 26.1 Å². The first-order chi connectivity index (χ1) is 22.1. The Bertz CT molecular complexity index is 1560. The molecule has 2 atom stereocenters. The molecule has 3 aliphatic heterocycles. The lowest BCUT2D eigenvalue weighted by atomic mass is 9.66. The van der Waals surface area contributed by atoms with Crippen molar-refractivity contribution in [1.82, 2.24) is 29.7 Å². The monoisotopic (exact) mass is 653 g/mol. The summed E-state index contributed by atoms with van der Waals surface area (Å²) in [5.41, 5.74) is 1.08. The van der Waals surface area contributed by atoms with Crippen LogP contribution in [0.5, 0.6) is 6.01 Å². The summed E-state index contributed by atoms with van der Waals surface area (Å²) in [6, 6.07) is 4.12. The van der Waals surface area contributed by atoms with Crippen molar-refractivity contribution in [3.8, 4) is 6.01 Å². The Morgan fingerprint density at radius 2 is 1.80 bits per heavy atom. The maximum atomic E-state index is 15.4. The zero-order chi connectivity index (χ0) is 32.1. The molecule has 1 aliphatic carbocycles. The van der Waals surface area contributed by atoms with Gasteiger partial charge in [0, 0.05) is 32.0 Å². The van der Waals surface area contributed by atoms with E-state index in [-0.39, 0.29) is 41.5 Å². The molecule has 0 aromatic carbocycles. The van der Waals surface area contributed by atoms with Crippen LogP contribution in [0, 0.1) is 17.2 Å². The standard InChI is InChI=1S/C34H45ClFN7O3/c1-33(2,3)46-32(44)43-23-6-7-24(43)20-42(19-23)30-26-17-38-29(35)27(36)28(26)39-31(40-30)45-21-25-5-4-16-41(25)18-22-8-10-34(11-9-22)12-14-37-15-13-34/h4-5,16-17,22-24,37H,6-15,18-21H2,1-3H3/t23-,24-/m0/s1. The maximum Gasteiger partial charge on any atom is 0.410 e. The van der Waals surface area contributed by atoms with Gasteiger partial charge in [-0.1, -0.05) is 11.6 Å². The molecule has 4 fully saturated rings. The van der Waals surface area contributed by atoms with Gasteiger partial charge < -0.3 is 24.3 Å². The molecule has 7 rings (SSSR count). The number of carbonyl (C=O) groups is 1. The van der Waals surface area contributed by atoms with E-state index in [1.807, 2.05) is 31.7 Å². The molecule has 6 heterocycles. The van der Waals surface area contributed by atoms with E-state index in [1.165, 1.54) is 44.7 Å². The highest BCUT2D eigenvalue weighted by molar-refractivity contribution is 6.30. The van der Waals surface area contributed by atoms with Gasteiger partial charge in [0.25, 0.3) is 0 Å². The van der Waals surface area contributed by atoms with Gasteiger partial charge in [-0.15, -0.1) is 0 Å². The molecule has 0 radical (unpaired) electrons. The summed E-state index contributed by atoms with van der Waals surface area (Å²) in [6.07, 6.45) is 12.8. The van der Waals surface area contributed by atoms with Gasteiger partial charge in [-0.2, -0.15) is 9.97 Å². The van der Waals surface area contributed by atoms with Crippen LogP contribution < -0.4 is 15.0 Å². The molecule has 1 saturated carbocycles. The van der Waals surface area contributed by atoms with E-state index in [9.17, 15) is 4.79 Å². The van der Waals surface area contributed by atoms with Crippen LogP contribution in [0.1, 0.15) is 77.8 Å². The van der Waals surface area contributed by atoms with Crippen molar-refractivity contribution in [1.29, 1.82) is 0 Å². The SMILES string of the molecule is CC(C)(C)OC(=O)N1[C@H]2CC[C@H]1CN(c1nc(OCc3cccn3CC3CCC4(CCNCC4)CC3)nc3c(F)c(Cl)ncc13)C2. The minimum atomic E-state index is -0.699. The number of nitrogens with one attached hydrogen (secondary N) is 1. The molecule has 12 heteroatoms. The van der Waals surface area contributed by atoms with Crippen molar-refractivity contribution >= 4 is 34.4 Å². The second-order valence-corrected chi connectivity index (χ2v) is 15.1. The molecule has 3 aromatic heterocycles. The Labute approximate surface area is 275 Å². The van der Waals surface area contributed by atoms with Crippen molar-refractivity contribution in [2.75, 3.05) is 31.1 Å². The largest absolute Gasteiger partial charge is 0.457 e. The third-order valence-electron chi connectivity index (χ3n) is 10.5. The molecule has 3 aromatic rings. The summed E-state index contributed by atoms with van der Waals surface area (Å²) in [6.45, 7) is 10.2. The zero-order valence-corrected chi connectivity index (χ0v) is 27.9. The number of halogens is 2. The fourth-order valence-electron chi connectivity index (χ4n) is 8.10. The van der Waals surface area contributed by atoms with Crippen LogP contribution in [0.4, 0.5) is 15.0 Å². The number of nitrogens with zero attached hydrogens (tertiary/aromatic N) is 6. The summed E-state index contributed by atoms with van der Waals surface area (Å²) in [5.74, 6) is 0.483. The van der Waals surface area contributed by atoms with Crippen molar-refractivity contribution in [2.45, 2.75) is 103 Å². The third-order valence-corrected chi connectivity index (χ3v) is 10.8. The number of hydrogen-bond donors (Lipinski definition) is 1. The molecular formula is C34H45ClFN7O3. The molecule has 1 spiro atoms. The fraction of sp³-hybridized carbons (Fsp3) is 0.647. The quantitative estimate of drug-likeness (QED) is 0.308.